The monoisotopic (exact) mass is 258 g/mol. The SMILES string of the molecule is CCCCCC=CCC(C(=O)O)C(O)CC(=O)O. The first-order valence-corrected chi connectivity index (χ1v) is 6.26. The zero-order valence-electron chi connectivity index (χ0n) is 10.7. The number of allylic oxidation sites excluding steroid dienone is 2. The third-order valence-electron chi connectivity index (χ3n) is 2.70. The highest BCUT2D eigenvalue weighted by molar-refractivity contribution is 5.73. The first-order chi connectivity index (χ1) is 8.49. The van der Waals surface area contributed by atoms with Crippen molar-refractivity contribution in [3.63, 3.8) is 0 Å². The van der Waals surface area contributed by atoms with Crippen molar-refractivity contribution >= 4 is 11.9 Å². The summed E-state index contributed by atoms with van der Waals surface area (Å²) >= 11 is 0. The predicted molar refractivity (Wildman–Crippen MR) is 67.3 cm³/mol. The summed E-state index contributed by atoms with van der Waals surface area (Å²) in [6.45, 7) is 2.10. The summed E-state index contributed by atoms with van der Waals surface area (Å²) < 4.78 is 0. The summed E-state index contributed by atoms with van der Waals surface area (Å²) in [5, 5.41) is 26.9. The first-order valence-electron chi connectivity index (χ1n) is 6.26. The second kappa shape index (κ2) is 9.65. The van der Waals surface area contributed by atoms with Crippen LogP contribution in [-0.2, 0) is 9.59 Å². The number of rotatable bonds is 10. The van der Waals surface area contributed by atoms with E-state index in [0.29, 0.717) is 0 Å². The van der Waals surface area contributed by atoms with E-state index in [2.05, 4.69) is 6.92 Å². The molecule has 0 aliphatic heterocycles. The molecule has 0 aliphatic carbocycles. The van der Waals surface area contributed by atoms with Crippen LogP contribution < -0.4 is 0 Å². The molecule has 5 nitrogen and oxygen atoms in total. The summed E-state index contributed by atoms with van der Waals surface area (Å²) in [6.07, 6.45) is 6.07. The molecule has 0 spiro atoms. The Kier molecular flexibility index (Phi) is 8.92. The average Bonchev–Trinajstić information content (AvgIpc) is 2.26. The van der Waals surface area contributed by atoms with Gasteiger partial charge < -0.3 is 15.3 Å². The molecule has 0 fully saturated rings. The van der Waals surface area contributed by atoms with Crippen molar-refractivity contribution in [2.45, 2.75) is 51.6 Å². The van der Waals surface area contributed by atoms with Gasteiger partial charge in [0.2, 0.25) is 0 Å². The van der Waals surface area contributed by atoms with Gasteiger partial charge in [-0.2, -0.15) is 0 Å². The third-order valence-corrected chi connectivity index (χ3v) is 2.70. The molecule has 0 radical (unpaired) electrons. The van der Waals surface area contributed by atoms with Gasteiger partial charge in [-0.1, -0.05) is 31.9 Å². The molecule has 2 unspecified atom stereocenters. The van der Waals surface area contributed by atoms with Crippen molar-refractivity contribution in [1.82, 2.24) is 0 Å². The van der Waals surface area contributed by atoms with Gasteiger partial charge in [0.15, 0.2) is 0 Å². The molecule has 0 rings (SSSR count). The van der Waals surface area contributed by atoms with Crippen LogP contribution in [0.3, 0.4) is 0 Å². The molecule has 0 amide bonds. The summed E-state index contributed by atoms with van der Waals surface area (Å²) in [5.41, 5.74) is 0. The molecule has 5 heteroatoms. The summed E-state index contributed by atoms with van der Waals surface area (Å²) in [7, 11) is 0. The van der Waals surface area contributed by atoms with Gasteiger partial charge in [-0.25, -0.2) is 0 Å². The molecule has 0 aromatic heterocycles. The van der Waals surface area contributed by atoms with Gasteiger partial charge in [0.05, 0.1) is 18.4 Å². The number of carboxylic acid groups (broad SMARTS) is 2. The molecular formula is C13H22O5. The highest BCUT2D eigenvalue weighted by Gasteiger charge is 2.26. The Morgan fingerprint density at radius 3 is 2.33 bits per heavy atom. The van der Waals surface area contributed by atoms with E-state index in [-0.39, 0.29) is 6.42 Å². The highest BCUT2D eigenvalue weighted by Crippen LogP contribution is 2.14. The van der Waals surface area contributed by atoms with Crippen molar-refractivity contribution in [1.29, 1.82) is 0 Å². The fourth-order valence-corrected chi connectivity index (χ4v) is 1.62. The average molecular weight is 258 g/mol. The van der Waals surface area contributed by atoms with Gasteiger partial charge in [-0.3, -0.25) is 9.59 Å². The van der Waals surface area contributed by atoms with Crippen LogP contribution in [-0.4, -0.2) is 33.4 Å². The van der Waals surface area contributed by atoms with Gasteiger partial charge in [0.25, 0.3) is 0 Å². The summed E-state index contributed by atoms with van der Waals surface area (Å²) in [4.78, 5) is 21.3. The standard InChI is InChI=1S/C13H22O5/c1-2-3-4-5-6-7-8-10(13(17)18)11(14)9-12(15)16/h6-7,10-11,14H,2-5,8-9H2,1H3,(H,15,16)(H,17,18). The number of unbranched alkanes of at least 4 members (excludes halogenated alkanes) is 3. The van der Waals surface area contributed by atoms with Crippen LogP contribution in [0.1, 0.15) is 45.4 Å². The molecule has 0 bridgehead atoms. The molecule has 0 heterocycles. The maximum Gasteiger partial charge on any atom is 0.309 e. The van der Waals surface area contributed by atoms with Gasteiger partial charge in [0, 0.05) is 0 Å². The highest BCUT2D eigenvalue weighted by atomic mass is 16.4. The van der Waals surface area contributed by atoms with Crippen LogP contribution in [0.15, 0.2) is 12.2 Å². The second-order valence-corrected chi connectivity index (χ2v) is 4.31. The van der Waals surface area contributed by atoms with Crippen LogP contribution in [0.5, 0.6) is 0 Å². The van der Waals surface area contributed by atoms with Crippen LogP contribution in [0.4, 0.5) is 0 Å². The maximum absolute atomic E-state index is 10.9. The minimum Gasteiger partial charge on any atom is -0.481 e. The lowest BCUT2D eigenvalue weighted by molar-refractivity contribution is -0.148. The molecule has 0 aromatic rings. The van der Waals surface area contributed by atoms with E-state index in [1.807, 2.05) is 6.08 Å². The van der Waals surface area contributed by atoms with Crippen LogP contribution in [0.25, 0.3) is 0 Å². The number of aliphatic hydroxyl groups excluding tert-OH is 1. The lowest BCUT2D eigenvalue weighted by Crippen LogP contribution is -2.29. The first kappa shape index (κ1) is 16.6. The molecule has 0 saturated heterocycles. The van der Waals surface area contributed by atoms with Gasteiger partial charge >= 0.3 is 11.9 Å². The van der Waals surface area contributed by atoms with Crippen molar-refractivity contribution in [3.8, 4) is 0 Å². The number of hydrogen-bond donors (Lipinski definition) is 3. The van der Waals surface area contributed by atoms with Crippen LogP contribution in [0, 0.1) is 5.92 Å². The fourth-order valence-electron chi connectivity index (χ4n) is 1.62. The minimum absolute atomic E-state index is 0.163. The van der Waals surface area contributed by atoms with Crippen LogP contribution >= 0.6 is 0 Å². The minimum atomic E-state index is -1.35. The number of carbonyl (C=O) groups is 2. The number of aliphatic carboxylic acids is 2. The van der Waals surface area contributed by atoms with Crippen molar-refractivity contribution in [3.05, 3.63) is 12.2 Å². The molecular weight excluding hydrogens is 236 g/mol. The van der Waals surface area contributed by atoms with Crippen molar-refractivity contribution in [2.75, 3.05) is 0 Å². The predicted octanol–water partition coefficient (Wildman–Crippen LogP) is 2.05. The Morgan fingerprint density at radius 2 is 1.83 bits per heavy atom. The Morgan fingerprint density at radius 1 is 1.17 bits per heavy atom. The number of aliphatic hydroxyl groups is 1. The van der Waals surface area contributed by atoms with Gasteiger partial charge in [-0.05, 0) is 19.3 Å². The van der Waals surface area contributed by atoms with Crippen molar-refractivity contribution < 1.29 is 24.9 Å². The molecule has 3 N–H and O–H groups in total. The third kappa shape index (κ3) is 7.84. The maximum atomic E-state index is 10.9. The number of carboxylic acids is 2. The molecule has 0 aliphatic rings. The largest absolute Gasteiger partial charge is 0.481 e. The van der Waals surface area contributed by atoms with Crippen LogP contribution in [0.2, 0.25) is 0 Å². The molecule has 104 valence electrons. The Hall–Kier alpha value is -1.36. The molecule has 0 saturated carbocycles. The lowest BCUT2D eigenvalue weighted by Gasteiger charge is -2.15. The topological polar surface area (TPSA) is 94.8 Å². The Bertz CT molecular complexity index is 285. The van der Waals surface area contributed by atoms with E-state index in [1.165, 1.54) is 0 Å². The van der Waals surface area contributed by atoms with E-state index < -0.39 is 30.4 Å². The van der Waals surface area contributed by atoms with E-state index in [9.17, 15) is 14.7 Å². The summed E-state index contributed by atoms with van der Waals surface area (Å²) in [6, 6.07) is 0. The second-order valence-electron chi connectivity index (χ2n) is 4.31. The van der Waals surface area contributed by atoms with E-state index >= 15 is 0 Å². The number of hydrogen-bond acceptors (Lipinski definition) is 3. The van der Waals surface area contributed by atoms with E-state index in [0.717, 1.165) is 25.7 Å². The van der Waals surface area contributed by atoms with Crippen molar-refractivity contribution in [2.24, 2.45) is 5.92 Å². The van der Waals surface area contributed by atoms with E-state index in [4.69, 9.17) is 10.2 Å². The molecule has 2 atom stereocenters. The molecule has 0 aromatic carbocycles. The quantitative estimate of drug-likeness (QED) is 0.412. The Labute approximate surface area is 107 Å². The molecule has 18 heavy (non-hydrogen) atoms. The summed E-state index contributed by atoms with van der Waals surface area (Å²) in [5.74, 6) is -3.41. The smallest absolute Gasteiger partial charge is 0.309 e. The zero-order valence-corrected chi connectivity index (χ0v) is 10.7. The normalized spacial score (nSPS) is 14.6. The van der Waals surface area contributed by atoms with Gasteiger partial charge in [0.1, 0.15) is 0 Å². The Balaban J connectivity index is 4.12. The van der Waals surface area contributed by atoms with E-state index in [1.54, 1.807) is 6.08 Å². The fraction of sp³-hybridized carbons (Fsp3) is 0.692. The lowest BCUT2D eigenvalue weighted by atomic mass is 9.96. The zero-order chi connectivity index (χ0) is 14.0. The van der Waals surface area contributed by atoms with Gasteiger partial charge in [-0.15, -0.1) is 0 Å².